The first-order chi connectivity index (χ1) is 9.47. The van der Waals surface area contributed by atoms with E-state index in [1.54, 1.807) is 13.0 Å². The van der Waals surface area contributed by atoms with E-state index >= 15 is 0 Å². The van der Waals surface area contributed by atoms with Crippen LogP contribution in [0.4, 0.5) is 0 Å². The molecule has 2 aromatic rings. The van der Waals surface area contributed by atoms with Crippen molar-refractivity contribution in [2.24, 2.45) is 0 Å². The summed E-state index contributed by atoms with van der Waals surface area (Å²) in [7, 11) is 0. The maximum atomic E-state index is 11.9. The van der Waals surface area contributed by atoms with E-state index < -0.39 is 11.9 Å². The van der Waals surface area contributed by atoms with Crippen LogP contribution in [0.2, 0.25) is 5.02 Å². The van der Waals surface area contributed by atoms with Gasteiger partial charge in [0.05, 0.1) is 17.1 Å². The zero-order valence-electron chi connectivity index (χ0n) is 10.5. The third-order valence-corrected chi connectivity index (χ3v) is 2.84. The van der Waals surface area contributed by atoms with Crippen molar-refractivity contribution in [1.82, 2.24) is 10.3 Å². The molecule has 104 valence electrons. The molecule has 2 N–H and O–H groups in total. The van der Waals surface area contributed by atoms with Crippen molar-refractivity contribution in [1.29, 1.82) is 0 Å². The van der Waals surface area contributed by atoms with Crippen LogP contribution in [-0.4, -0.2) is 22.0 Å². The largest absolute Gasteiger partial charge is 0.475 e. The van der Waals surface area contributed by atoms with Crippen molar-refractivity contribution >= 4 is 23.5 Å². The number of rotatable bonds is 4. The van der Waals surface area contributed by atoms with Crippen LogP contribution in [0.25, 0.3) is 0 Å². The lowest BCUT2D eigenvalue weighted by Gasteiger charge is -2.05. The molecule has 0 radical (unpaired) electrons. The number of amides is 1. The van der Waals surface area contributed by atoms with Crippen molar-refractivity contribution in [3.05, 3.63) is 52.2 Å². The van der Waals surface area contributed by atoms with E-state index in [0.29, 0.717) is 16.5 Å². The zero-order valence-corrected chi connectivity index (χ0v) is 11.3. The first-order valence-electron chi connectivity index (χ1n) is 5.69. The van der Waals surface area contributed by atoms with Gasteiger partial charge in [-0.25, -0.2) is 4.79 Å². The lowest BCUT2D eigenvalue weighted by molar-refractivity contribution is 0.0660. The van der Waals surface area contributed by atoms with Crippen LogP contribution in [0.5, 0.6) is 0 Å². The van der Waals surface area contributed by atoms with Gasteiger partial charge in [0, 0.05) is 11.9 Å². The molecule has 0 fully saturated rings. The molecule has 0 saturated heterocycles. The number of pyridine rings is 1. The number of carboxylic acids is 1. The molecule has 20 heavy (non-hydrogen) atoms. The molecule has 7 heteroatoms. The number of nitrogens with zero attached hydrogens (tertiary/aromatic N) is 1. The van der Waals surface area contributed by atoms with Crippen LogP contribution >= 0.6 is 11.6 Å². The summed E-state index contributed by atoms with van der Waals surface area (Å²) < 4.78 is 5.02. The van der Waals surface area contributed by atoms with Crippen molar-refractivity contribution in [3.63, 3.8) is 0 Å². The summed E-state index contributed by atoms with van der Waals surface area (Å²) in [5.41, 5.74) is 0.964. The number of hydrogen-bond donors (Lipinski definition) is 2. The quantitative estimate of drug-likeness (QED) is 0.902. The van der Waals surface area contributed by atoms with E-state index in [4.69, 9.17) is 21.1 Å². The highest BCUT2D eigenvalue weighted by Gasteiger charge is 2.13. The zero-order chi connectivity index (χ0) is 14.7. The third kappa shape index (κ3) is 3.16. The van der Waals surface area contributed by atoms with Gasteiger partial charge in [-0.2, -0.15) is 0 Å². The van der Waals surface area contributed by atoms with E-state index in [1.807, 2.05) is 0 Å². The smallest absolute Gasteiger partial charge is 0.371 e. The standard InChI is InChI=1S/C13H11ClN2O4/c1-7-4-10(14)9(6-15-7)12(17)16-5-8-2-3-11(20-8)13(18)19/h2-4,6H,5H2,1H3,(H,16,17)(H,18,19). The summed E-state index contributed by atoms with van der Waals surface area (Å²) in [6, 6.07) is 4.40. The van der Waals surface area contributed by atoms with Crippen molar-refractivity contribution in [3.8, 4) is 0 Å². The molecule has 0 unspecified atom stereocenters. The minimum atomic E-state index is -1.16. The highest BCUT2D eigenvalue weighted by molar-refractivity contribution is 6.33. The average Bonchev–Trinajstić information content (AvgIpc) is 2.85. The van der Waals surface area contributed by atoms with Gasteiger partial charge in [-0.3, -0.25) is 9.78 Å². The van der Waals surface area contributed by atoms with Crippen molar-refractivity contribution in [2.75, 3.05) is 0 Å². The number of aryl methyl sites for hydroxylation is 1. The highest BCUT2D eigenvalue weighted by atomic mass is 35.5. The molecular weight excluding hydrogens is 284 g/mol. The number of carboxylic acid groups (broad SMARTS) is 1. The Morgan fingerprint density at radius 2 is 2.20 bits per heavy atom. The number of aromatic carboxylic acids is 1. The van der Waals surface area contributed by atoms with Gasteiger partial charge in [-0.15, -0.1) is 0 Å². The molecule has 2 rings (SSSR count). The maximum absolute atomic E-state index is 11.9. The van der Waals surface area contributed by atoms with Crippen LogP contribution in [-0.2, 0) is 6.54 Å². The number of carbonyl (C=O) groups is 2. The van der Waals surface area contributed by atoms with E-state index in [2.05, 4.69) is 10.3 Å². The summed E-state index contributed by atoms with van der Waals surface area (Å²) in [4.78, 5) is 26.5. The van der Waals surface area contributed by atoms with Crippen molar-refractivity contribution in [2.45, 2.75) is 13.5 Å². The minimum absolute atomic E-state index is 0.0658. The Morgan fingerprint density at radius 1 is 1.45 bits per heavy atom. The van der Waals surface area contributed by atoms with Crippen LogP contribution in [0.1, 0.15) is 32.4 Å². The predicted molar refractivity (Wildman–Crippen MR) is 70.8 cm³/mol. The number of carbonyl (C=O) groups excluding carboxylic acids is 1. The second-order valence-electron chi connectivity index (χ2n) is 4.06. The van der Waals surface area contributed by atoms with E-state index in [-0.39, 0.29) is 17.9 Å². The summed E-state index contributed by atoms with van der Waals surface area (Å²) in [5.74, 6) is -1.40. The Balaban J connectivity index is 2.02. The Kier molecular flexibility index (Phi) is 4.05. The third-order valence-electron chi connectivity index (χ3n) is 2.53. The Labute approximate surface area is 119 Å². The fraction of sp³-hybridized carbons (Fsp3) is 0.154. The van der Waals surface area contributed by atoms with Gasteiger partial charge in [-0.05, 0) is 25.1 Å². The number of nitrogens with one attached hydrogen (secondary N) is 1. The van der Waals surface area contributed by atoms with Gasteiger partial charge in [0.25, 0.3) is 5.91 Å². The first-order valence-corrected chi connectivity index (χ1v) is 6.07. The van der Waals surface area contributed by atoms with Gasteiger partial charge in [-0.1, -0.05) is 11.6 Å². The molecule has 0 bridgehead atoms. The molecule has 0 saturated carbocycles. The summed E-state index contributed by atoms with van der Waals surface area (Å²) >= 11 is 5.95. The molecule has 0 atom stereocenters. The molecule has 0 aliphatic rings. The molecule has 0 aliphatic heterocycles. The Hall–Kier alpha value is -2.34. The topological polar surface area (TPSA) is 92.4 Å². The highest BCUT2D eigenvalue weighted by Crippen LogP contribution is 2.16. The SMILES string of the molecule is Cc1cc(Cl)c(C(=O)NCc2ccc(C(=O)O)o2)cn1. The molecule has 1 amide bonds. The second-order valence-corrected chi connectivity index (χ2v) is 4.47. The van der Waals surface area contributed by atoms with Crippen LogP contribution in [0.3, 0.4) is 0 Å². The number of aromatic nitrogens is 1. The van der Waals surface area contributed by atoms with Crippen molar-refractivity contribution < 1.29 is 19.1 Å². The van der Waals surface area contributed by atoms with Gasteiger partial charge in [0.2, 0.25) is 5.76 Å². The molecule has 2 heterocycles. The molecule has 2 aromatic heterocycles. The maximum Gasteiger partial charge on any atom is 0.371 e. The Bertz CT molecular complexity index is 666. The van der Waals surface area contributed by atoms with Gasteiger partial charge >= 0.3 is 5.97 Å². The van der Waals surface area contributed by atoms with Crippen LogP contribution in [0, 0.1) is 6.92 Å². The number of halogens is 1. The van der Waals surface area contributed by atoms with E-state index in [9.17, 15) is 9.59 Å². The molecular formula is C13H11ClN2O4. The summed E-state index contributed by atoms with van der Waals surface area (Å²) in [6.45, 7) is 1.83. The lowest BCUT2D eigenvalue weighted by atomic mass is 10.2. The van der Waals surface area contributed by atoms with Crippen LogP contribution in [0.15, 0.2) is 28.8 Å². The van der Waals surface area contributed by atoms with E-state index in [0.717, 1.165) is 0 Å². The summed E-state index contributed by atoms with van der Waals surface area (Å²) in [5, 5.41) is 11.6. The Morgan fingerprint density at radius 3 is 2.80 bits per heavy atom. The molecule has 0 spiro atoms. The molecule has 6 nitrogen and oxygen atoms in total. The normalized spacial score (nSPS) is 10.3. The fourth-order valence-corrected chi connectivity index (χ4v) is 1.84. The predicted octanol–water partition coefficient (Wildman–Crippen LogP) is 2.26. The van der Waals surface area contributed by atoms with Gasteiger partial charge in [0.1, 0.15) is 5.76 Å². The van der Waals surface area contributed by atoms with Gasteiger partial charge in [0.15, 0.2) is 0 Å². The van der Waals surface area contributed by atoms with E-state index in [1.165, 1.54) is 18.3 Å². The molecule has 0 aromatic carbocycles. The lowest BCUT2D eigenvalue weighted by Crippen LogP contribution is -2.23. The van der Waals surface area contributed by atoms with Crippen LogP contribution < -0.4 is 5.32 Å². The number of hydrogen-bond acceptors (Lipinski definition) is 4. The minimum Gasteiger partial charge on any atom is -0.475 e. The number of furan rings is 1. The van der Waals surface area contributed by atoms with Gasteiger partial charge < -0.3 is 14.8 Å². The first kappa shape index (κ1) is 14.1. The second kappa shape index (κ2) is 5.75. The monoisotopic (exact) mass is 294 g/mol. The molecule has 0 aliphatic carbocycles. The average molecular weight is 295 g/mol. The fourth-order valence-electron chi connectivity index (χ4n) is 1.54. The summed E-state index contributed by atoms with van der Waals surface area (Å²) in [6.07, 6.45) is 1.39.